The minimum Gasteiger partial charge on any atom is -0.367 e. The van der Waals surface area contributed by atoms with Gasteiger partial charge in [0, 0.05) is 10.7 Å². The molecule has 0 unspecified atom stereocenters. The van der Waals surface area contributed by atoms with Gasteiger partial charge in [0.15, 0.2) is 0 Å². The highest BCUT2D eigenvalue weighted by molar-refractivity contribution is 6.31. The molecule has 1 aromatic rings. The molecule has 24 heavy (non-hydrogen) atoms. The fraction of sp³-hybridized carbons (Fsp3) is 0.474. The van der Waals surface area contributed by atoms with E-state index >= 15 is 0 Å². The van der Waals surface area contributed by atoms with Gasteiger partial charge in [-0.15, -0.1) is 0 Å². The summed E-state index contributed by atoms with van der Waals surface area (Å²) in [6.45, 7) is 2.15. The Morgan fingerprint density at radius 3 is 2.38 bits per heavy atom. The van der Waals surface area contributed by atoms with Crippen LogP contribution >= 0.6 is 11.6 Å². The molecule has 0 aromatic heterocycles. The lowest BCUT2D eigenvalue weighted by molar-refractivity contribution is -0.139. The highest BCUT2D eigenvalue weighted by Crippen LogP contribution is 2.65. The van der Waals surface area contributed by atoms with Gasteiger partial charge < -0.3 is 5.32 Å². The summed E-state index contributed by atoms with van der Waals surface area (Å²) in [5.74, 6) is 1.58. The number of carbonyl (C=O) groups is 2. The first kappa shape index (κ1) is 14.5. The highest BCUT2D eigenvalue weighted by atomic mass is 35.5. The smallest absolute Gasteiger partial charge is 0.235 e. The van der Waals surface area contributed by atoms with Gasteiger partial charge in [-0.25, -0.2) is 0 Å². The number of allylic oxidation sites excluding steroid dienone is 2. The minimum atomic E-state index is -0.126. The number of carbonyl (C=O) groups excluding carboxylic acids is 2. The Morgan fingerprint density at radius 2 is 1.75 bits per heavy atom. The molecule has 4 nitrogen and oxygen atoms in total. The monoisotopic (exact) mass is 342 g/mol. The second-order valence-corrected chi connectivity index (χ2v) is 7.91. The van der Waals surface area contributed by atoms with Crippen LogP contribution in [0.3, 0.4) is 0 Å². The maximum absolute atomic E-state index is 12.9. The molecule has 2 saturated carbocycles. The van der Waals surface area contributed by atoms with Crippen molar-refractivity contribution in [3.63, 3.8) is 0 Å². The summed E-state index contributed by atoms with van der Waals surface area (Å²) in [5, 5.41) is 3.89. The molecule has 1 aromatic carbocycles. The maximum Gasteiger partial charge on any atom is 0.235 e. The molecular weight excluding hydrogens is 324 g/mol. The summed E-state index contributed by atoms with van der Waals surface area (Å²) in [6, 6.07) is 5.61. The average Bonchev–Trinajstić information content (AvgIpc) is 3.35. The van der Waals surface area contributed by atoms with Crippen LogP contribution in [-0.4, -0.2) is 23.4 Å². The SMILES string of the molecule is Cc1c(Cl)cccc1NCN1C(=O)[C@@H]2[C@H]3C=C[C@@H]([C@@H]4C[C@@H]34)[C@@H]2C1=O. The zero-order valence-corrected chi connectivity index (χ0v) is 14.2. The number of rotatable bonds is 3. The summed E-state index contributed by atoms with van der Waals surface area (Å²) in [5.41, 5.74) is 1.79. The lowest BCUT2D eigenvalue weighted by atomic mass is 9.63. The number of nitrogens with zero attached hydrogens (tertiary/aromatic N) is 1. The van der Waals surface area contributed by atoms with Gasteiger partial charge in [0.25, 0.3) is 0 Å². The van der Waals surface area contributed by atoms with Crippen LogP contribution in [0.5, 0.6) is 0 Å². The molecule has 1 saturated heterocycles. The number of halogens is 1. The van der Waals surface area contributed by atoms with E-state index < -0.39 is 0 Å². The first-order chi connectivity index (χ1) is 11.6. The molecular formula is C19H19ClN2O2. The van der Waals surface area contributed by atoms with Crippen LogP contribution in [0.25, 0.3) is 0 Å². The normalized spacial score (nSPS) is 38.3. The van der Waals surface area contributed by atoms with Crippen LogP contribution in [0.2, 0.25) is 5.02 Å². The van der Waals surface area contributed by atoms with Crippen LogP contribution in [0.1, 0.15) is 12.0 Å². The molecule has 5 aliphatic rings. The van der Waals surface area contributed by atoms with Crippen LogP contribution < -0.4 is 5.32 Å². The van der Waals surface area contributed by atoms with Gasteiger partial charge in [-0.1, -0.05) is 29.8 Å². The molecule has 3 fully saturated rings. The Bertz CT molecular complexity index is 754. The Morgan fingerprint density at radius 1 is 1.12 bits per heavy atom. The Hall–Kier alpha value is -1.81. The molecule has 124 valence electrons. The van der Waals surface area contributed by atoms with Crippen LogP contribution in [0, 0.1) is 42.4 Å². The molecule has 0 radical (unpaired) electrons. The fourth-order valence-corrected chi connectivity index (χ4v) is 5.31. The number of amides is 2. The van der Waals surface area contributed by atoms with Gasteiger partial charge in [0.05, 0.1) is 18.5 Å². The summed E-state index contributed by atoms with van der Waals surface area (Å²) in [6.07, 6.45) is 5.59. The van der Waals surface area contributed by atoms with Crippen molar-refractivity contribution in [2.45, 2.75) is 13.3 Å². The van der Waals surface area contributed by atoms with Gasteiger partial charge >= 0.3 is 0 Å². The lowest BCUT2D eigenvalue weighted by Crippen LogP contribution is -2.40. The first-order valence-electron chi connectivity index (χ1n) is 8.60. The second kappa shape index (κ2) is 4.85. The summed E-state index contributed by atoms with van der Waals surface area (Å²) >= 11 is 6.14. The van der Waals surface area contributed by atoms with Crippen molar-refractivity contribution in [3.05, 3.63) is 40.9 Å². The molecule has 2 amide bonds. The molecule has 5 heteroatoms. The predicted octanol–water partition coefficient (Wildman–Crippen LogP) is 3.07. The Kier molecular flexibility index (Phi) is 2.94. The van der Waals surface area contributed by atoms with Crippen molar-refractivity contribution in [1.82, 2.24) is 4.90 Å². The van der Waals surface area contributed by atoms with E-state index in [2.05, 4.69) is 17.5 Å². The van der Waals surface area contributed by atoms with Crippen molar-refractivity contribution in [2.75, 3.05) is 12.0 Å². The van der Waals surface area contributed by atoms with Crippen molar-refractivity contribution < 1.29 is 9.59 Å². The minimum absolute atomic E-state index is 0.00174. The van der Waals surface area contributed by atoms with Gasteiger partial charge in [-0.05, 0) is 54.7 Å². The molecule has 1 aliphatic heterocycles. The largest absolute Gasteiger partial charge is 0.367 e. The zero-order chi connectivity index (χ0) is 16.6. The number of benzene rings is 1. The average molecular weight is 343 g/mol. The summed E-state index contributed by atoms with van der Waals surface area (Å²) in [7, 11) is 0. The summed E-state index contributed by atoms with van der Waals surface area (Å²) < 4.78 is 0. The number of hydrogen-bond donors (Lipinski definition) is 1. The van der Waals surface area contributed by atoms with Gasteiger partial charge in [-0.3, -0.25) is 14.5 Å². The third kappa shape index (κ3) is 1.80. The van der Waals surface area contributed by atoms with Crippen molar-refractivity contribution >= 4 is 29.1 Å². The van der Waals surface area contributed by atoms with E-state index in [1.165, 1.54) is 11.3 Å². The zero-order valence-electron chi connectivity index (χ0n) is 13.4. The molecule has 0 spiro atoms. The van der Waals surface area contributed by atoms with Crippen LogP contribution in [0.15, 0.2) is 30.4 Å². The van der Waals surface area contributed by atoms with Gasteiger partial charge in [0.2, 0.25) is 11.8 Å². The number of anilines is 1. The number of likely N-dealkylation sites (tertiary alicyclic amines) is 1. The Balaban J connectivity index is 1.38. The van der Waals surface area contributed by atoms with Crippen molar-refractivity contribution in [1.29, 1.82) is 0 Å². The lowest BCUT2D eigenvalue weighted by Gasteiger charge is -2.37. The molecule has 6 rings (SSSR count). The number of imide groups is 1. The highest BCUT2D eigenvalue weighted by Gasteiger charge is 2.66. The standard InChI is InChI=1S/C19H19ClN2O2/c1-9-14(20)3-2-4-15(9)21-8-22-18(23)16-10-5-6-11(13-7-12(10)13)17(16)19(22)24/h2-6,10-13,16-17,21H,7-8H2,1H3/t10-,11-,12-,13-,16-,17+/m0/s1. The molecule has 6 atom stereocenters. The van der Waals surface area contributed by atoms with Crippen molar-refractivity contribution in [2.24, 2.45) is 35.5 Å². The van der Waals surface area contributed by atoms with E-state index in [1.807, 2.05) is 25.1 Å². The Labute approximate surface area is 145 Å². The number of hydrogen-bond acceptors (Lipinski definition) is 3. The molecule has 1 heterocycles. The van der Waals surface area contributed by atoms with E-state index in [0.29, 0.717) is 16.9 Å². The molecule has 4 aliphatic carbocycles. The maximum atomic E-state index is 12.9. The van der Waals surface area contributed by atoms with E-state index in [9.17, 15) is 9.59 Å². The second-order valence-electron chi connectivity index (χ2n) is 7.51. The third-order valence-electron chi connectivity index (χ3n) is 6.45. The van der Waals surface area contributed by atoms with E-state index in [-0.39, 0.29) is 42.2 Å². The fourth-order valence-electron chi connectivity index (χ4n) is 5.14. The van der Waals surface area contributed by atoms with Crippen molar-refractivity contribution in [3.8, 4) is 0 Å². The van der Waals surface area contributed by atoms with Crippen LogP contribution in [0.4, 0.5) is 5.69 Å². The topological polar surface area (TPSA) is 49.4 Å². The quantitative estimate of drug-likeness (QED) is 0.678. The molecule has 1 N–H and O–H groups in total. The van der Waals surface area contributed by atoms with E-state index in [0.717, 1.165) is 11.3 Å². The number of nitrogens with one attached hydrogen (secondary N) is 1. The molecule has 2 bridgehead atoms. The predicted molar refractivity (Wildman–Crippen MR) is 91.2 cm³/mol. The third-order valence-corrected chi connectivity index (χ3v) is 6.86. The van der Waals surface area contributed by atoms with Gasteiger partial charge in [-0.2, -0.15) is 0 Å². The van der Waals surface area contributed by atoms with Gasteiger partial charge in [0.1, 0.15) is 0 Å². The van der Waals surface area contributed by atoms with E-state index in [4.69, 9.17) is 11.6 Å². The summed E-state index contributed by atoms with van der Waals surface area (Å²) in [4.78, 5) is 27.2. The van der Waals surface area contributed by atoms with Crippen LogP contribution in [-0.2, 0) is 9.59 Å². The van der Waals surface area contributed by atoms with E-state index in [1.54, 1.807) is 0 Å². The first-order valence-corrected chi connectivity index (χ1v) is 8.98.